The zero-order valence-corrected chi connectivity index (χ0v) is 12.0. The van der Waals surface area contributed by atoms with Crippen LogP contribution in [0.15, 0.2) is 4.99 Å². The fraction of sp³-hybridized carbons (Fsp3) is 0.929. The maximum absolute atomic E-state index is 5.28. The van der Waals surface area contributed by atoms with E-state index in [1.807, 2.05) is 0 Å². The van der Waals surface area contributed by atoms with Crippen LogP contribution >= 0.6 is 0 Å². The Labute approximate surface area is 112 Å². The van der Waals surface area contributed by atoms with E-state index in [0.717, 1.165) is 31.3 Å². The molecular formula is C14H30N4. The van der Waals surface area contributed by atoms with Crippen LogP contribution in [-0.4, -0.2) is 25.1 Å². The molecule has 0 unspecified atom stereocenters. The molecule has 0 radical (unpaired) electrons. The predicted octanol–water partition coefficient (Wildman–Crippen LogP) is 1.84. The minimum atomic E-state index is 0.198. The highest BCUT2D eigenvalue weighted by Gasteiger charge is 2.20. The Hall–Kier alpha value is -0.770. The SMILES string of the molecule is CC(C)CC1CCC(NCCCN=C(N)N)CC1. The maximum Gasteiger partial charge on any atom is 0.185 e. The van der Waals surface area contributed by atoms with Crippen LogP contribution in [0, 0.1) is 11.8 Å². The fourth-order valence-corrected chi connectivity index (χ4v) is 2.86. The van der Waals surface area contributed by atoms with Crippen molar-refractivity contribution in [1.29, 1.82) is 0 Å². The summed E-state index contributed by atoms with van der Waals surface area (Å²) in [5, 5.41) is 3.62. The lowest BCUT2D eigenvalue weighted by molar-refractivity contribution is 0.260. The van der Waals surface area contributed by atoms with Gasteiger partial charge in [0.25, 0.3) is 0 Å². The Morgan fingerprint density at radius 3 is 2.44 bits per heavy atom. The third-order valence-corrected chi connectivity index (χ3v) is 3.71. The third kappa shape index (κ3) is 6.84. The molecule has 1 aliphatic rings. The monoisotopic (exact) mass is 254 g/mol. The summed E-state index contributed by atoms with van der Waals surface area (Å²) in [6.07, 6.45) is 7.87. The molecule has 1 saturated carbocycles. The summed E-state index contributed by atoms with van der Waals surface area (Å²) in [6.45, 7) is 6.41. The van der Waals surface area contributed by atoms with Gasteiger partial charge in [0, 0.05) is 12.6 Å². The van der Waals surface area contributed by atoms with Crippen LogP contribution in [0.5, 0.6) is 0 Å². The summed E-state index contributed by atoms with van der Waals surface area (Å²) in [5.74, 6) is 2.01. The van der Waals surface area contributed by atoms with Crippen molar-refractivity contribution in [3.63, 3.8) is 0 Å². The van der Waals surface area contributed by atoms with Crippen molar-refractivity contribution in [2.45, 2.75) is 58.4 Å². The van der Waals surface area contributed by atoms with Crippen molar-refractivity contribution >= 4 is 5.96 Å². The van der Waals surface area contributed by atoms with Gasteiger partial charge in [-0.2, -0.15) is 0 Å². The van der Waals surface area contributed by atoms with Crippen molar-refractivity contribution in [3.8, 4) is 0 Å². The van der Waals surface area contributed by atoms with E-state index in [9.17, 15) is 0 Å². The Balaban J connectivity index is 2.03. The Kier molecular flexibility index (Phi) is 7.09. The molecule has 0 aromatic rings. The number of nitrogens with zero attached hydrogens (tertiary/aromatic N) is 1. The van der Waals surface area contributed by atoms with Gasteiger partial charge in [-0.15, -0.1) is 0 Å². The molecule has 0 bridgehead atoms. The van der Waals surface area contributed by atoms with Gasteiger partial charge < -0.3 is 16.8 Å². The maximum atomic E-state index is 5.28. The molecule has 0 aromatic carbocycles. The standard InChI is InChI=1S/C14H30N4/c1-11(2)10-12-4-6-13(7-5-12)17-8-3-9-18-14(15)16/h11-13,17H,3-10H2,1-2H3,(H4,15,16,18). The second-order valence-corrected chi connectivity index (χ2v) is 5.96. The average Bonchev–Trinajstić information content (AvgIpc) is 2.30. The molecule has 5 N–H and O–H groups in total. The summed E-state index contributed by atoms with van der Waals surface area (Å²) >= 11 is 0. The van der Waals surface area contributed by atoms with E-state index in [0.29, 0.717) is 6.04 Å². The lowest BCUT2D eigenvalue weighted by Gasteiger charge is -2.30. The Morgan fingerprint density at radius 1 is 1.22 bits per heavy atom. The van der Waals surface area contributed by atoms with Crippen LogP contribution in [0.2, 0.25) is 0 Å². The van der Waals surface area contributed by atoms with Crippen LogP contribution in [0.25, 0.3) is 0 Å². The molecule has 0 saturated heterocycles. The van der Waals surface area contributed by atoms with Crippen LogP contribution in [-0.2, 0) is 0 Å². The molecule has 4 nitrogen and oxygen atoms in total. The normalized spacial score (nSPS) is 24.2. The molecule has 0 aliphatic heterocycles. The first-order valence-electron chi connectivity index (χ1n) is 7.36. The first-order chi connectivity index (χ1) is 8.58. The van der Waals surface area contributed by atoms with Crippen LogP contribution in [0.1, 0.15) is 52.4 Å². The van der Waals surface area contributed by atoms with Crippen molar-refractivity contribution in [2.75, 3.05) is 13.1 Å². The van der Waals surface area contributed by atoms with Crippen molar-refractivity contribution < 1.29 is 0 Å². The van der Waals surface area contributed by atoms with Crippen LogP contribution in [0.3, 0.4) is 0 Å². The number of rotatable bonds is 7. The summed E-state index contributed by atoms with van der Waals surface area (Å²) in [5.41, 5.74) is 10.6. The molecule has 4 heteroatoms. The average molecular weight is 254 g/mol. The first-order valence-corrected chi connectivity index (χ1v) is 7.36. The molecule has 0 heterocycles. The van der Waals surface area contributed by atoms with Crippen molar-refractivity contribution in [2.24, 2.45) is 28.3 Å². The molecule has 18 heavy (non-hydrogen) atoms. The molecule has 0 atom stereocenters. The number of nitrogens with one attached hydrogen (secondary N) is 1. The summed E-state index contributed by atoms with van der Waals surface area (Å²) < 4.78 is 0. The summed E-state index contributed by atoms with van der Waals surface area (Å²) in [6, 6.07) is 0.715. The van der Waals surface area contributed by atoms with Gasteiger partial charge in [-0.05, 0) is 56.9 Å². The van der Waals surface area contributed by atoms with Gasteiger partial charge in [-0.25, -0.2) is 0 Å². The largest absolute Gasteiger partial charge is 0.370 e. The van der Waals surface area contributed by atoms with E-state index in [1.54, 1.807) is 0 Å². The molecule has 1 fully saturated rings. The fourth-order valence-electron chi connectivity index (χ4n) is 2.86. The highest BCUT2D eigenvalue weighted by molar-refractivity contribution is 5.75. The van der Waals surface area contributed by atoms with Gasteiger partial charge in [-0.3, -0.25) is 4.99 Å². The summed E-state index contributed by atoms with van der Waals surface area (Å²) in [7, 11) is 0. The van der Waals surface area contributed by atoms with E-state index in [1.165, 1.54) is 32.1 Å². The highest BCUT2D eigenvalue weighted by Crippen LogP contribution is 2.29. The highest BCUT2D eigenvalue weighted by atomic mass is 15.0. The number of nitrogens with two attached hydrogens (primary N) is 2. The minimum absolute atomic E-state index is 0.198. The number of aliphatic imine (C=N–C) groups is 1. The first kappa shape index (κ1) is 15.3. The quantitative estimate of drug-likeness (QED) is 0.368. The van der Waals surface area contributed by atoms with Crippen LogP contribution in [0.4, 0.5) is 0 Å². The van der Waals surface area contributed by atoms with Gasteiger partial charge >= 0.3 is 0 Å². The molecule has 0 amide bonds. The third-order valence-electron chi connectivity index (χ3n) is 3.71. The van der Waals surface area contributed by atoms with Crippen molar-refractivity contribution in [3.05, 3.63) is 0 Å². The topological polar surface area (TPSA) is 76.4 Å². The molecule has 1 rings (SSSR count). The zero-order valence-electron chi connectivity index (χ0n) is 12.0. The predicted molar refractivity (Wildman–Crippen MR) is 78.5 cm³/mol. The second kappa shape index (κ2) is 8.35. The number of guanidine groups is 1. The minimum Gasteiger partial charge on any atom is -0.370 e. The van der Waals surface area contributed by atoms with Gasteiger partial charge in [-0.1, -0.05) is 13.8 Å². The Morgan fingerprint density at radius 2 is 1.89 bits per heavy atom. The van der Waals surface area contributed by atoms with E-state index < -0.39 is 0 Å². The van der Waals surface area contributed by atoms with E-state index >= 15 is 0 Å². The van der Waals surface area contributed by atoms with E-state index in [2.05, 4.69) is 24.2 Å². The lowest BCUT2D eigenvalue weighted by Crippen LogP contribution is -2.34. The van der Waals surface area contributed by atoms with Gasteiger partial charge in [0.15, 0.2) is 5.96 Å². The van der Waals surface area contributed by atoms with E-state index in [4.69, 9.17) is 11.5 Å². The molecule has 0 aromatic heterocycles. The lowest BCUT2D eigenvalue weighted by atomic mass is 9.81. The molecule has 1 aliphatic carbocycles. The van der Waals surface area contributed by atoms with Crippen LogP contribution < -0.4 is 16.8 Å². The van der Waals surface area contributed by atoms with Gasteiger partial charge in [0.2, 0.25) is 0 Å². The van der Waals surface area contributed by atoms with Gasteiger partial charge in [0.05, 0.1) is 0 Å². The second-order valence-electron chi connectivity index (χ2n) is 5.96. The molecular weight excluding hydrogens is 224 g/mol. The van der Waals surface area contributed by atoms with Crippen molar-refractivity contribution in [1.82, 2.24) is 5.32 Å². The zero-order chi connectivity index (χ0) is 13.4. The number of hydrogen-bond acceptors (Lipinski definition) is 2. The molecule has 106 valence electrons. The smallest absolute Gasteiger partial charge is 0.185 e. The summed E-state index contributed by atoms with van der Waals surface area (Å²) in [4.78, 5) is 3.98. The molecule has 0 spiro atoms. The van der Waals surface area contributed by atoms with Gasteiger partial charge in [0.1, 0.15) is 0 Å². The number of hydrogen-bond donors (Lipinski definition) is 3. The Bertz CT molecular complexity index is 238. The van der Waals surface area contributed by atoms with E-state index in [-0.39, 0.29) is 5.96 Å².